The summed E-state index contributed by atoms with van der Waals surface area (Å²) in [4.78, 5) is 8.00. The van der Waals surface area contributed by atoms with Gasteiger partial charge < -0.3 is 4.74 Å². The molecular formula is C15H12ClF2N5O. The van der Waals surface area contributed by atoms with Gasteiger partial charge in [-0.2, -0.15) is 4.98 Å². The van der Waals surface area contributed by atoms with Gasteiger partial charge in [-0.05, 0) is 25.5 Å². The Morgan fingerprint density at radius 2 is 2.00 bits per heavy atom. The maximum atomic E-state index is 13.9. The van der Waals surface area contributed by atoms with Crippen molar-refractivity contribution in [2.45, 2.75) is 20.5 Å². The molecule has 0 radical (unpaired) electrons. The number of aromatic nitrogens is 5. The van der Waals surface area contributed by atoms with Crippen molar-refractivity contribution in [1.29, 1.82) is 0 Å². The second-order valence-corrected chi connectivity index (χ2v) is 5.49. The van der Waals surface area contributed by atoms with Crippen LogP contribution in [0.5, 0.6) is 6.01 Å². The summed E-state index contributed by atoms with van der Waals surface area (Å²) >= 11 is 5.84. The fourth-order valence-electron chi connectivity index (χ4n) is 1.94. The number of ether oxygens (including phenoxy) is 1. The maximum Gasteiger partial charge on any atom is 0.317 e. The number of halogens is 3. The predicted octanol–water partition coefficient (Wildman–Crippen LogP) is 3.18. The molecule has 0 N–H and O–H groups in total. The molecule has 0 saturated carbocycles. The maximum absolute atomic E-state index is 13.9. The molecular weight excluding hydrogens is 340 g/mol. The Kier molecular flexibility index (Phi) is 4.39. The van der Waals surface area contributed by atoms with Gasteiger partial charge in [0.1, 0.15) is 23.8 Å². The summed E-state index contributed by atoms with van der Waals surface area (Å²) in [6.45, 7) is 3.31. The lowest BCUT2D eigenvalue weighted by Crippen LogP contribution is -2.01. The largest absolute Gasteiger partial charge is 0.457 e. The Morgan fingerprint density at radius 1 is 1.21 bits per heavy atom. The standard InChI is InChI=1S/C15H12ClF2N5O/c1-8-3-14(13(18)4-12(8)17)23-6-10(21-22-23)7-24-15-19-5-11(16)9(2)20-15/h3-6H,7H2,1-2H3. The van der Waals surface area contributed by atoms with Crippen molar-refractivity contribution in [2.75, 3.05) is 0 Å². The number of rotatable bonds is 4. The molecule has 124 valence electrons. The monoisotopic (exact) mass is 351 g/mol. The molecule has 3 aromatic rings. The number of aryl methyl sites for hydroxylation is 2. The Morgan fingerprint density at radius 3 is 2.75 bits per heavy atom. The van der Waals surface area contributed by atoms with E-state index in [4.69, 9.17) is 16.3 Å². The van der Waals surface area contributed by atoms with Crippen molar-refractivity contribution in [3.05, 3.63) is 58.1 Å². The minimum absolute atomic E-state index is 0.0445. The summed E-state index contributed by atoms with van der Waals surface area (Å²) in [5, 5.41) is 8.15. The highest BCUT2D eigenvalue weighted by molar-refractivity contribution is 6.31. The molecule has 0 saturated heterocycles. The van der Waals surface area contributed by atoms with Gasteiger partial charge >= 0.3 is 6.01 Å². The highest BCUT2D eigenvalue weighted by atomic mass is 35.5. The average Bonchev–Trinajstić information content (AvgIpc) is 3.01. The first-order valence-corrected chi connectivity index (χ1v) is 7.31. The van der Waals surface area contributed by atoms with Gasteiger partial charge in [-0.25, -0.2) is 18.4 Å². The van der Waals surface area contributed by atoms with Crippen LogP contribution >= 0.6 is 11.6 Å². The van der Waals surface area contributed by atoms with Crippen LogP contribution in [0.1, 0.15) is 17.0 Å². The van der Waals surface area contributed by atoms with Gasteiger partial charge in [-0.15, -0.1) is 5.10 Å². The highest BCUT2D eigenvalue weighted by Crippen LogP contribution is 2.18. The van der Waals surface area contributed by atoms with E-state index >= 15 is 0 Å². The Balaban J connectivity index is 1.76. The molecule has 0 bridgehead atoms. The van der Waals surface area contributed by atoms with E-state index in [-0.39, 0.29) is 18.3 Å². The Hall–Kier alpha value is -2.61. The summed E-state index contributed by atoms with van der Waals surface area (Å²) in [7, 11) is 0. The normalized spacial score (nSPS) is 10.9. The van der Waals surface area contributed by atoms with Crippen LogP contribution in [0.3, 0.4) is 0 Å². The van der Waals surface area contributed by atoms with Crippen molar-refractivity contribution >= 4 is 11.6 Å². The van der Waals surface area contributed by atoms with Gasteiger partial charge in [-0.1, -0.05) is 16.8 Å². The molecule has 0 amide bonds. The molecule has 0 aliphatic rings. The van der Waals surface area contributed by atoms with E-state index in [9.17, 15) is 8.78 Å². The van der Waals surface area contributed by atoms with E-state index in [2.05, 4.69) is 20.3 Å². The number of hydrogen-bond acceptors (Lipinski definition) is 5. The molecule has 0 fully saturated rings. The SMILES string of the molecule is Cc1cc(-n2cc(COc3ncc(Cl)c(C)n3)nn2)c(F)cc1F. The minimum atomic E-state index is -0.730. The van der Waals surface area contributed by atoms with Crippen LogP contribution in [-0.2, 0) is 6.61 Å². The highest BCUT2D eigenvalue weighted by Gasteiger charge is 2.12. The molecule has 1 aromatic carbocycles. The van der Waals surface area contributed by atoms with Gasteiger partial charge in [0.15, 0.2) is 5.82 Å². The van der Waals surface area contributed by atoms with Gasteiger partial charge in [-0.3, -0.25) is 0 Å². The van der Waals surface area contributed by atoms with Crippen LogP contribution in [0.15, 0.2) is 24.5 Å². The van der Waals surface area contributed by atoms with Crippen molar-refractivity contribution in [2.24, 2.45) is 0 Å². The van der Waals surface area contributed by atoms with Crippen LogP contribution in [0.4, 0.5) is 8.78 Å². The van der Waals surface area contributed by atoms with Gasteiger partial charge in [0.2, 0.25) is 0 Å². The molecule has 3 rings (SSSR count). The molecule has 0 atom stereocenters. The van der Waals surface area contributed by atoms with Crippen LogP contribution < -0.4 is 4.74 Å². The van der Waals surface area contributed by atoms with Gasteiger partial charge in [0, 0.05) is 6.07 Å². The third-order valence-corrected chi connectivity index (χ3v) is 3.63. The molecule has 24 heavy (non-hydrogen) atoms. The lowest BCUT2D eigenvalue weighted by atomic mass is 10.2. The first kappa shape index (κ1) is 16.3. The molecule has 0 unspecified atom stereocenters. The Labute approximate surface area is 141 Å². The lowest BCUT2D eigenvalue weighted by molar-refractivity contribution is 0.275. The van der Waals surface area contributed by atoms with Crippen LogP contribution in [0.25, 0.3) is 5.69 Å². The zero-order chi connectivity index (χ0) is 17.3. The summed E-state index contributed by atoms with van der Waals surface area (Å²) in [5.74, 6) is -1.35. The van der Waals surface area contributed by atoms with Crippen molar-refractivity contribution in [1.82, 2.24) is 25.0 Å². The van der Waals surface area contributed by atoms with Crippen molar-refractivity contribution in [3.8, 4) is 11.7 Å². The van der Waals surface area contributed by atoms with Gasteiger partial charge in [0.05, 0.1) is 23.1 Å². The van der Waals surface area contributed by atoms with Crippen molar-refractivity contribution in [3.63, 3.8) is 0 Å². The molecule has 2 aromatic heterocycles. The molecule has 0 spiro atoms. The molecule has 2 heterocycles. The fraction of sp³-hybridized carbons (Fsp3) is 0.200. The summed E-state index contributed by atoms with van der Waals surface area (Å²) in [6.07, 6.45) is 2.92. The van der Waals surface area contributed by atoms with E-state index in [1.54, 1.807) is 13.8 Å². The molecule has 0 aliphatic carbocycles. The second kappa shape index (κ2) is 6.48. The number of nitrogens with zero attached hydrogens (tertiary/aromatic N) is 5. The van der Waals surface area contributed by atoms with Crippen LogP contribution in [0.2, 0.25) is 5.02 Å². The quantitative estimate of drug-likeness (QED) is 0.722. The van der Waals surface area contributed by atoms with E-state index in [0.717, 1.165) is 6.07 Å². The minimum Gasteiger partial charge on any atom is -0.457 e. The third-order valence-electron chi connectivity index (χ3n) is 3.26. The lowest BCUT2D eigenvalue weighted by Gasteiger charge is -2.04. The number of benzene rings is 1. The second-order valence-electron chi connectivity index (χ2n) is 5.08. The van der Waals surface area contributed by atoms with E-state index in [1.807, 2.05) is 0 Å². The van der Waals surface area contributed by atoms with E-state index in [0.29, 0.717) is 22.0 Å². The molecule has 6 nitrogen and oxygen atoms in total. The van der Waals surface area contributed by atoms with Crippen molar-refractivity contribution < 1.29 is 13.5 Å². The van der Waals surface area contributed by atoms with E-state index < -0.39 is 11.6 Å². The summed E-state index contributed by atoms with van der Waals surface area (Å²) in [6, 6.07) is 2.32. The summed E-state index contributed by atoms with van der Waals surface area (Å²) in [5.41, 5.74) is 1.44. The van der Waals surface area contributed by atoms with Crippen LogP contribution in [0, 0.1) is 25.5 Å². The zero-order valence-corrected chi connectivity index (χ0v) is 13.6. The van der Waals surface area contributed by atoms with E-state index in [1.165, 1.54) is 23.1 Å². The first-order chi connectivity index (χ1) is 11.4. The molecule has 9 heteroatoms. The summed E-state index contributed by atoms with van der Waals surface area (Å²) < 4.78 is 33.8. The zero-order valence-electron chi connectivity index (χ0n) is 12.8. The Bertz CT molecular complexity index is 900. The molecule has 0 aliphatic heterocycles. The fourth-order valence-corrected chi connectivity index (χ4v) is 2.03. The average molecular weight is 352 g/mol. The topological polar surface area (TPSA) is 65.7 Å². The van der Waals surface area contributed by atoms with Gasteiger partial charge in [0.25, 0.3) is 0 Å². The smallest absolute Gasteiger partial charge is 0.317 e. The predicted molar refractivity (Wildman–Crippen MR) is 82.1 cm³/mol. The van der Waals surface area contributed by atoms with Crippen LogP contribution in [-0.4, -0.2) is 25.0 Å². The number of hydrogen-bond donors (Lipinski definition) is 0. The third kappa shape index (κ3) is 3.33. The first-order valence-electron chi connectivity index (χ1n) is 6.93.